The second kappa shape index (κ2) is 6.63. The van der Waals surface area contributed by atoms with Gasteiger partial charge in [-0.05, 0) is 25.1 Å². The minimum Gasteiger partial charge on any atom is -0.490 e. The van der Waals surface area contributed by atoms with Gasteiger partial charge in [0.2, 0.25) is 5.75 Å². The highest BCUT2D eigenvalue weighted by atomic mass is 35.5. The second-order valence-electron chi connectivity index (χ2n) is 3.88. The van der Waals surface area contributed by atoms with Gasteiger partial charge in [0.05, 0.1) is 17.8 Å². The first kappa shape index (κ1) is 14.7. The summed E-state index contributed by atoms with van der Waals surface area (Å²) in [5.74, 6) is 1.65. The summed E-state index contributed by atoms with van der Waals surface area (Å²) in [5, 5.41) is 7.33. The van der Waals surface area contributed by atoms with E-state index in [1.807, 2.05) is 6.92 Å². The van der Waals surface area contributed by atoms with Crippen LogP contribution in [0.25, 0.3) is 0 Å². The summed E-state index contributed by atoms with van der Waals surface area (Å²) >= 11 is 12.1. The van der Waals surface area contributed by atoms with Crippen molar-refractivity contribution in [2.75, 3.05) is 24.3 Å². The van der Waals surface area contributed by atoms with Crippen LogP contribution in [0.3, 0.4) is 0 Å². The normalized spacial score (nSPS) is 10.2. The third-order valence-electron chi connectivity index (χ3n) is 2.53. The van der Waals surface area contributed by atoms with Crippen LogP contribution < -0.4 is 15.4 Å². The lowest BCUT2D eigenvalue weighted by molar-refractivity contribution is 0.415. The van der Waals surface area contributed by atoms with E-state index >= 15 is 0 Å². The van der Waals surface area contributed by atoms with Gasteiger partial charge in [-0.15, -0.1) is 0 Å². The van der Waals surface area contributed by atoms with Crippen molar-refractivity contribution in [2.24, 2.45) is 0 Å². The number of methoxy groups -OCH3 is 1. The van der Waals surface area contributed by atoms with Gasteiger partial charge in [0.15, 0.2) is 11.6 Å². The van der Waals surface area contributed by atoms with Crippen molar-refractivity contribution in [3.8, 4) is 5.75 Å². The van der Waals surface area contributed by atoms with Crippen LogP contribution in [0.5, 0.6) is 5.75 Å². The molecule has 2 N–H and O–H groups in total. The molecule has 0 bridgehead atoms. The van der Waals surface area contributed by atoms with Gasteiger partial charge in [0.25, 0.3) is 0 Å². The molecule has 7 heteroatoms. The molecule has 1 aromatic heterocycles. The van der Waals surface area contributed by atoms with Gasteiger partial charge in [-0.2, -0.15) is 0 Å². The van der Waals surface area contributed by atoms with Gasteiger partial charge >= 0.3 is 0 Å². The van der Waals surface area contributed by atoms with Crippen LogP contribution in [0.2, 0.25) is 10.0 Å². The highest BCUT2D eigenvalue weighted by molar-refractivity contribution is 6.35. The van der Waals surface area contributed by atoms with Crippen molar-refractivity contribution in [1.29, 1.82) is 0 Å². The average Bonchev–Trinajstić information content (AvgIpc) is 2.43. The molecule has 0 saturated heterocycles. The van der Waals surface area contributed by atoms with Crippen LogP contribution >= 0.6 is 23.2 Å². The number of nitrogens with zero attached hydrogens (tertiary/aromatic N) is 2. The summed E-state index contributed by atoms with van der Waals surface area (Å²) in [4.78, 5) is 8.30. The van der Waals surface area contributed by atoms with Crippen molar-refractivity contribution in [2.45, 2.75) is 6.92 Å². The van der Waals surface area contributed by atoms with Gasteiger partial charge < -0.3 is 15.4 Å². The number of ether oxygens (including phenoxy) is 1. The molecule has 0 radical (unpaired) electrons. The third-order valence-corrected chi connectivity index (χ3v) is 3.10. The summed E-state index contributed by atoms with van der Waals surface area (Å²) in [6.45, 7) is 2.70. The van der Waals surface area contributed by atoms with Crippen molar-refractivity contribution < 1.29 is 4.74 Å². The zero-order valence-corrected chi connectivity index (χ0v) is 12.6. The van der Waals surface area contributed by atoms with Gasteiger partial charge in [0, 0.05) is 11.6 Å². The Bertz CT molecular complexity index is 607. The van der Waals surface area contributed by atoms with E-state index in [1.54, 1.807) is 25.3 Å². The molecular formula is C13H14Cl2N4O. The number of hydrogen-bond donors (Lipinski definition) is 2. The zero-order valence-electron chi connectivity index (χ0n) is 11.1. The lowest BCUT2D eigenvalue weighted by Crippen LogP contribution is -2.06. The molecule has 5 nitrogen and oxygen atoms in total. The number of aromatic nitrogens is 2. The topological polar surface area (TPSA) is 59.1 Å². The number of halogens is 2. The van der Waals surface area contributed by atoms with E-state index in [9.17, 15) is 0 Å². The largest absolute Gasteiger partial charge is 0.490 e. The molecule has 2 aromatic rings. The molecule has 0 spiro atoms. The molecule has 1 aromatic carbocycles. The molecule has 0 atom stereocenters. The Hall–Kier alpha value is -1.72. The fraction of sp³-hybridized carbons (Fsp3) is 0.231. The molecule has 106 valence electrons. The van der Waals surface area contributed by atoms with E-state index in [0.29, 0.717) is 33.1 Å². The first-order valence-corrected chi connectivity index (χ1v) is 6.76. The predicted octanol–water partition coefficient (Wildman–Crippen LogP) is 3.97. The summed E-state index contributed by atoms with van der Waals surface area (Å²) in [6, 6.07) is 5.15. The Morgan fingerprint density at radius 1 is 1.20 bits per heavy atom. The molecule has 0 amide bonds. The molecule has 0 saturated carbocycles. The quantitative estimate of drug-likeness (QED) is 0.875. The highest BCUT2D eigenvalue weighted by Crippen LogP contribution is 2.34. The highest BCUT2D eigenvalue weighted by Gasteiger charge is 2.13. The van der Waals surface area contributed by atoms with Crippen molar-refractivity contribution in [3.63, 3.8) is 0 Å². The lowest BCUT2D eigenvalue weighted by Gasteiger charge is -2.14. The Labute approximate surface area is 127 Å². The smallest absolute Gasteiger partial charge is 0.204 e. The molecule has 2 rings (SSSR count). The number of benzene rings is 1. The number of hydrogen-bond acceptors (Lipinski definition) is 5. The molecular weight excluding hydrogens is 299 g/mol. The Kier molecular flexibility index (Phi) is 4.87. The molecule has 0 fully saturated rings. The molecule has 1 heterocycles. The number of anilines is 3. The summed E-state index contributed by atoms with van der Waals surface area (Å²) < 4.78 is 5.35. The minimum atomic E-state index is 0.516. The van der Waals surface area contributed by atoms with Gasteiger partial charge in [0.1, 0.15) is 6.33 Å². The Morgan fingerprint density at radius 2 is 1.95 bits per heavy atom. The number of nitrogens with one attached hydrogen (secondary N) is 2. The summed E-state index contributed by atoms with van der Waals surface area (Å²) in [6.07, 6.45) is 1.45. The average molecular weight is 313 g/mol. The summed E-state index contributed by atoms with van der Waals surface area (Å²) in [5.41, 5.74) is 0.651. The zero-order chi connectivity index (χ0) is 14.5. The van der Waals surface area contributed by atoms with Crippen LogP contribution in [0.1, 0.15) is 6.92 Å². The minimum absolute atomic E-state index is 0.516. The second-order valence-corrected chi connectivity index (χ2v) is 4.73. The van der Waals surface area contributed by atoms with Crippen LogP contribution in [-0.4, -0.2) is 23.6 Å². The maximum absolute atomic E-state index is 6.12. The van der Waals surface area contributed by atoms with Gasteiger partial charge in [-0.1, -0.05) is 23.2 Å². The molecule has 0 aliphatic carbocycles. The fourth-order valence-electron chi connectivity index (χ4n) is 1.67. The first-order valence-electron chi connectivity index (χ1n) is 6.00. The SMILES string of the molecule is CCNc1ncnc(Nc2cc(Cl)ccc2Cl)c1OC. The molecule has 0 aliphatic rings. The molecule has 20 heavy (non-hydrogen) atoms. The maximum Gasteiger partial charge on any atom is 0.204 e. The predicted molar refractivity (Wildman–Crippen MR) is 82.5 cm³/mol. The van der Waals surface area contributed by atoms with E-state index < -0.39 is 0 Å². The van der Waals surface area contributed by atoms with Crippen molar-refractivity contribution >= 4 is 40.5 Å². The van der Waals surface area contributed by atoms with E-state index in [-0.39, 0.29) is 0 Å². The standard InChI is InChI=1S/C13H14Cl2N4O/c1-3-16-12-11(20-2)13(18-7-17-12)19-10-6-8(14)4-5-9(10)15/h4-7H,3H2,1-2H3,(H2,16,17,18,19). The van der Waals surface area contributed by atoms with E-state index in [0.717, 1.165) is 6.54 Å². The Balaban J connectivity index is 2.37. The van der Waals surface area contributed by atoms with Crippen LogP contribution in [0.4, 0.5) is 17.3 Å². The van der Waals surface area contributed by atoms with E-state index in [2.05, 4.69) is 20.6 Å². The Morgan fingerprint density at radius 3 is 2.65 bits per heavy atom. The number of rotatable bonds is 5. The van der Waals surface area contributed by atoms with Crippen molar-refractivity contribution in [1.82, 2.24) is 9.97 Å². The molecule has 0 aliphatic heterocycles. The van der Waals surface area contributed by atoms with E-state index in [1.165, 1.54) is 6.33 Å². The maximum atomic E-state index is 6.12. The third kappa shape index (κ3) is 3.23. The molecule has 0 unspecified atom stereocenters. The first-order chi connectivity index (χ1) is 9.65. The van der Waals surface area contributed by atoms with E-state index in [4.69, 9.17) is 27.9 Å². The van der Waals surface area contributed by atoms with Crippen LogP contribution in [0.15, 0.2) is 24.5 Å². The van der Waals surface area contributed by atoms with Crippen molar-refractivity contribution in [3.05, 3.63) is 34.6 Å². The summed E-state index contributed by atoms with van der Waals surface area (Å²) in [7, 11) is 1.56. The lowest BCUT2D eigenvalue weighted by atomic mass is 10.3. The van der Waals surface area contributed by atoms with Crippen LogP contribution in [-0.2, 0) is 0 Å². The van der Waals surface area contributed by atoms with Gasteiger partial charge in [-0.3, -0.25) is 0 Å². The van der Waals surface area contributed by atoms with Crippen LogP contribution in [0, 0.1) is 0 Å². The van der Waals surface area contributed by atoms with Gasteiger partial charge in [-0.25, -0.2) is 9.97 Å². The monoisotopic (exact) mass is 312 g/mol. The fourth-order valence-corrected chi connectivity index (χ4v) is 2.01.